The molecule has 2 aromatic heterocycles. The van der Waals surface area contributed by atoms with Crippen molar-refractivity contribution in [1.29, 1.82) is 0 Å². The number of amides is 3. The minimum Gasteiger partial charge on any atom is -0.497 e. The highest BCUT2D eigenvalue weighted by molar-refractivity contribution is 6.07. The van der Waals surface area contributed by atoms with Gasteiger partial charge in [0.2, 0.25) is 0 Å². The molecule has 0 bridgehead atoms. The van der Waals surface area contributed by atoms with E-state index in [0.717, 1.165) is 27.9 Å². The zero-order chi connectivity index (χ0) is 23.3. The van der Waals surface area contributed by atoms with E-state index in [1.54, 1.807) is 30.0 Å². The van der Waals surface area contributed by atoms with Crippen LogP contribution in [-0.2, 0) is 16.9 Å². The first kappa shape index (κ1) is 20.6. The second kappa shape index (κ2) is 7.40. The van der Waals surface area contributed by atoms with E-state index in [1.807, 2.05) is 44.2 Å². The van der Waals surface area contributed by atoms with Crippen LogP contribution in [0.2, 0.25) is 0 Å². The van der Waals surface area contributed by atoms with E-state index in [1.165, 1.54) is 0 Å². The molecule has 0 radical (unpaired) electrons. The molecule has 0 saturated carbocycles. The number of aryl methyl sites for hydroxylation is 2. The summed E-state index contributed by atoms with van der Waals surface area (Å²) in [5.74, 6) is 0.113. The monoisotopic (exact) mass is 445 g/mol. The summed E-state index contributed by atoms with van der Waals surface area (Å²) < 4.78 is 6.81. The second-order valence-corrected chi connectivity index (χ2v) is 8.23. The van der Waals surface area contributed by atoms with Crippen molar-refractivity contribution in [2.45, 2.75) is 25.9 Å². The minimum absolute atomic E-state index is 0.0104. The fourth-order valence-corrected chi connectivity index (χ4v) is 4.52. The molecule has 0 unspecified atom stereocenters. The summed E-state index contributed by atoms with van der Waals surface area (Å²) in [6, 6.07) is 12.2. The Labute approximate surface area is 189 Å². The molecule has 168 valence electrons. The van der Waals surface area contributed by atoms with E-state index < -0.39 is 17.5 Å². The Balaban J connectivity index is 1.58. The number of nitrogens with one attached hydrogen (secondary N) is 3. The van der Waals surface area contributed by atoms with Gasteiger partial charge in [0.05, 0.1) is 19.3 Å². The number of aromatic amines is 1. The number of imide groups is 1. The Morgan fingerprint density at radius 1 is 1.12 bits per heavy atom. The number of aromatic hydroxyl groups is 1. The van der Waals surface area contributed by atoms with Gasteiger partial charge >= 0.3 is 6.03 Å². The Morgan fingerprint density at radius 3 is 2.48 bits per heavy atom. The number of rotatable bonds is 5. The smallest absolute Gasteiger partial charge is 0.322 e. The van der Waals surface area contributed by atoms with Crippen molar-refractivity contribution < 1.29 is 19.4 Å². The summed E-state index contributed by atoms with van der Waals surface area (Å²) in [5.41, 5.74) is 2.99. The van der Waals surface area contributed by atoms with Gasteiger partial charge < -0.3 is 19.7 Å². The molecule has 3 heterocycles. The SMILES string of the molecule is COc1ccc2cn(C[C@@]3(c4ccc(-c5c(C)n[nH]c5C)cc4)NC(=O)NC3=O)c(O)c2c1. The number of carbonyl (C=O) groups excluding carboxylic acids is 2. The van der Waals surface area contributed by atoms with Crippen LogP contribution in [0, 0.1) is 13.8 Å². The van der Waals surface area contributed by atoms with E-state index in [4.69, 9.17) is 4.74 Å². The van der Waals surface area contributed by atoms with Gasteiger partial charge in [0.15, 0.2) is 11.4 Å². The molecule has 1 saturated heterocycles. The van der Waals surface area contributed by atoms with E-state index >= 15 is 0 Å². The lowest BCUT2D eigenvalue weighted by atomic mass is 9.88. The lowest BCUT2D eigenvalue weighted by Crippen LogP contribution is -2.47. The van der Waals surface area contributed by atoms with Crippen LogP contribution in [0.5, 0.6) is 11.6 Å². The third-order valence-corrected chi connectivity index (χ3v) is 6.21. The highest BCUT2D eigenvalue weighted by atomic mass is 16.5. The van der Waals surface area contributed by atoms with Gasteiger partial charge in [0, 0.05) is 28.2 Å². The van der Waals surface area contributed by atoms with Gasteiger partial charge in [-0.25, -0.2) is 4.79 Å². The molecule has 5 rings (SSSR count). The van der Waals surface area contributed by atoms with Crippen molar-refractivity contribution in [3.63, 3.8) is 0 Å². The predicted octanol–water partition coefficient (Wildman–Crippen LogP) is 3.10. The average molecular weight is 445 g/mol. The zero-order valence-electron chi connectivity index (χ0n) is 18.4. The molecule has 1 aliphatic rings. The number of benzene rings is 2. The highest BCUT2D eigenvalue weighted by Crippen LogP contribution is 2.36. The van der Waals surface area contributed by atoms with Crippen LogP contribution in [0.15, 0.2) is 48.7 Å². The Morgan fingerprint density at radius 2 is 1.88 bits per heavy atom. The first-order valence-corrected chi connectivity index (χ1v) is 10.4. The lowest BCUT2D eigenvalue weighted by Gasteiger charge is -2.27. The van der Waals surface area contributed by atoms with Gasteiger partial charge in [-0.1, -0.05) is 24.3 Å². The molecule has 0 aliphatic carbocycles. The maximum Gasteiger partial charge on any atom is 0.322 e. The normalized spacial score (nSPS) is 17.9. The molecule has 1 atom stereocenters. The summed E-state index contributed by atoms with van der Waals surface area (Å²) in [6.07, 6.45) is 1.75. The van der Waals surface area contributed by atoms with E-state index in [9.17, 15) is 14.7 Å². The number of hydrogen-bond donors (Lipinski definition) is 4. The number of fused-ring (bicyclic) bond motifs is 1. The molecule has 9 heteroatoms. The van der Waals surface area contributed by atoms with Crippen LogP contribution < -0.4 is 15.4 Å². The fourth-order valence-electron chi connectivity index (χ4n) is 4.52. The summed E-state index contributed by atoms with van der Waals surface area (Å²) in [6.45, 7) is 3.88. The summed E-state index contributed by atoms with van der Waals surface area (Å²) in [4.78, 5) is 25.2. The van der Waals surface area contributed by atoms with Crippen LogP contribution in [0.1, 0.15) is 17.0 Å². The van der Waals surface area contributed by atoms with Crippen molar-refractivity contribution >= 4 is 22.7 Å². The molecule has 1 aliphatic heterocycles. The van der Waals surface area contributed by atoms with Gasteiger partial charge in [0.25, 0.3) is 5.91 Å². The first-order chi connectivity index (χ1) is 15.8. The largest absolute Gasteiger partial charge is 0.497 e. The van der Waals surface area contributed by atoms with Gasteiger partial charge in [-0.2, -0.15) is 5.10 Å². The quantitative estimate of drug-likeness (QED) is 0.352. The predicted molar refractivity (Wildman–Crippen MR) is 122 cm³/mol. The van der Waals surface area contributed by atoms with Crippen molar-refractivity contribution in [2.75, 3.05) is 7.11 Å². The maximum atomic E-state index is 13.0. The van der Waals surface area contributed by atoms with Crippen LogP contribution >= 0.6 is 0 Å². The summed E-state index contributed by atoms with van der Waals surface area (Å²) in [7, 11) is 1.55. The van der Waals surface area contributed by atoms with Crippen molar-refractivity contribution in [3.8, 4) is 22.8 Å². The van der Waals surface area contributed by atoms with Gasteiger partial charge in [0.1, 0.15) is 5.75 Å². The van der Waals surface area contributed by atoms with Crippen LogP contribution in [0.4, 0.5) is 4.79 Å². The van der Waals surface area contributed by atoms with E-state index in [2.05, 4.69) is 20.8 Å². The molecule has 3 amide bonds. The number of hydrogen-bond acceptors (Lipinski definition) is 5. The van der Waals surface area contributed by atoms with Gasteiger partial charge in [-0.05, 0) is 43.2 Å². The molecule has 1 fully saturated rings. The van der Waals surface area contributed by atoms with Crippen molar-refractivity contribution in [1.82, 2.24) is 25.4 Å². The molecular weight excluding hydrogens is 422 g/mol. The lowest BCUT2D eigenvalue weighted by molar-refractivity contribution is -0.124. The number of urea groups is 1. The average Bonchev–Trinajstić information content (AvgIpc) is 3.41. The third kappa shape index (κ3) is 3.20. The number of ether oxygens (including phenoxy) is 1. The maximum absolute atomic E-state index is 13.0. The standard InChI is InChI=1S/C24H23N5O4/c1-13-20(14(2)28-27-13)15-4-7-17(8-5-15)24(22(31)25-23(32)26-24)12-29-11-16-6-9-18(33-3)10-19(16)21(29)30/h4-11,30H,12H2,1-3H3,(H,27,28)(H2,25,26,31,32)/t24-/m0/s1. The van der Waals surface area contributed by atoms with Gasteiger partial charge in [-0.3, -0.25) is 15.2 Å². The zero-order valence-corrected chi connectivity index (χ0v) is 18.4. The van der Waals surface area contributed by atoms with E-state index in [0.29, 0.717) is 16.7 Å². The molecule has 0 spiro atoms. The number of nitrogens with zero attached hydrogens (tertiary/aromatic N) is 2. The van der Waals surface area contributed by atoms with Crippen LogP contribution in [-0.4, -0.2) is 38.9 Å². The molecule has 9 nitrogen and oxygen atoms in total. The third-order valence-electron chi connectivity index (χ3n) is 6.21. The molecular formula is C24H23N5O4. The number of aromatic nitrogens is 3. The Kier molecular flexibility index (Phi) is 4.63. The Bertz CT molecular complexity index is 1380. The molecule has 2 aromatic carbocycles. The summed E-state index contributed by atoms with van der Waals surface area (Å²) >= 11 is 0. The van der Waals surface area contributed by atoms with Crippen LogP contribution in [0.3, 0.4) is 0 Å². The summed E-state index contributed by atoms with van der Waals surface area (Å²) in [5, 5.41) is 24.6. The minimum atomic E-state index is -1.38. The molecule has 4 aromatic rings. The number of methoxy groups -OCH3 is 1. The van der Waals surface area contributed by atoms with Crippen molar-refractivity contribution in [2.24, 2.45) is 0 Å². The molecule has 4 N–H and O–H groups in total. The fraction of sp³-hybridized carbons (Fsp3) is 0.208. The van der Waals surface area contributed by atoms with Crippen molar-refractivity contribution in [3.05, 3.63) is 65.6 Å². The second-order valence-electron chi connectivity index (χ2n) is 8.23. The topological polar surface area (TPSA) is 121 Å². The Hall–Kier alpha value is -4.27. The first-order valence-electron chi connectivity index (χ1n) is 10.4. The molecule has 33 heavy (non-hydrogen) atoms. The number of carbonyl (C=O) groups is 2. The van der Waals surface area contributed by atoms with Crippen LogP contribution in [0.25, 0.3) is 21.9 Å². The highest BCUT2D eigenvalue weighted by Gasteiger charge is 2.48. The van der Waals surface area contributed by atoms with E-state index in [-0.39, 0.29) is 12.4 Å². The van der Waals surface area contributed by atoms with Gasteiger partial charge in [-0.15, -0.1) is 0 Å². The number of H-pyrrole nitrogens is 1.